The normalized spacial score (nSPS) is 24.8. The van der Waals surface area contributed by atoms with Gasteiger partial charge in [-0.2, -0.15) is 0 Å². The molecule has 2 heterocycles. The van der Waals surface area contributed by atoms with Gasteiger partial charge in [-0.15, -0.1) is 0 Å². The smallest absolute Gasteiger partial charge is 0.0466 e. The number of hydrogen-bond acceptors (Lipinski definition) is 3. The lowest BCUT2D eigenvalue weighted by Crippen LogP contribution is -2.35. The molecule has 0 aromatic rings. The summed E-state index contributed by atoms with van der Waals surface area (Å²) in [5.74, 6) is 5.47. The Labute approximate surface area is 74.8 Å². The maximum absolute atomic E-state index is 5.47. The van der Waals surface area contributed by atoms with E-state index >= 15 is 0 Å². The minimum atomic E-state index is 1.00. The minimum absolute atomic E-state index is 1.00. The monoisotopic (exact) mass is 172 g/mol. The van der Waals surface area contributed by atoms with Crippen molar-refractivity contribution in [3.63, 3.8) is 0 Å². The number of hydrogen-bond donors (Lipinski definition) is 1. The molecule has 2 N–H and O–H groups in total. The van der Waals surface area contributed by atoms with Crippen LogP contribution in [-0.4, -0.2) is 31.3 Å². The summed E-state index contributed by atoms with van der Waals surface area (Å²) in [5, 5.41) is 1.89. The van der Waals surface area contributed by atoms with Crippen LogP contribution in [0.15, 0.2) is 0 Å². The lowest BCUT2D eigenvalue weighted by molar-refractivity contribution is 0.198. The molecule has 72 valence electrons. The number of nitrogens with two attached hydrogens (primary N) is 1. The molecule has 0 aromatic heterocycles. The maximum atomic E-state index is 5.47. The molecule has 2 aliphatic rings. The fraction of sp³-hybridized carbons (Fsp3) is 1.00. The first kappa shape index (κ1) is 9.96. The predicted octanol–water partition coefficient (Wildman–Crippen LogP) is 1.14. The highest BCUT2D eigenvalue weighted by Crippen LogP contribution is 2.03. The zero-order valence-electron chi connectivity index (χ0n) is 7.80. The lowest BCUT2D eigenvalue weighted by Gasteiger charge is -2.20. The molecule has 3 nitrogen and oxygen atoms in total. The standard InChI is InChI=1S/C5H12N2.C4H8O/c6-7-4-2-1-3-5-7;1-2-4-5-3-1/h1-6H2;1-4H2. The fourth-order valence-corrected chi connectivity index (χ4v) is 1.43. The highest BCUT2D eigenvalue weighted by Gasteiger charge is 2.02. The molecule has 0 aliphatic carbocycles. The first-order valence-electron chi connectivity index (χ1n) is 4.97. The van der Waals surface area contributed by atoms with Crippen LogP contribution in [-0.2, 0) is 4.74 Å². The summed E-state index contributed by atoms with van der Waals surface area (Å²) in [7, 11) is 0. The van der Waals surface area contributed by atoms with Crippen LogP contribution in [0.3, 0.4) is 0 Å². The largest absolute Gasteiger partial charge is 0.381 e. The van der Waals surface area contributed by atoms with E-state index in [9.17, 15) is 0 Å². The first-order chi connectivity index (χ1) is 5.89. The number of piperidine rings is 1. The molecule has 2 saturated heterocycles. The summed E-state index contributed by atoms with van der Waals surface area (Å²) in [5.41, 5.74) is 0. The minimum Gasteiger partial charge on any atom is -0.381 e. The van der Waals surface area contributed by atoms with Crippen molar-refractivity contribution in [2.45, 2.75) is 32.1 Å². The van der Waals surface area contributed by atoms with Crippen molar-refractivity contribution in [3.05, 3.63) is 0 Å². The molecule has 0 amide bonds. The molecule has 2 fully saturated rings. The number of hydrazine groups is 1. The molecule has 12 heavy (non-hydrogen) atoms. The van der Waals surface area contributed by atoms with Gasteiger partial charge in [0.2, 0.25) is 0 Å². The van der Waals surface area contributed by atoms with Crippen molar-refractivity contribution in [3.8, 4) is 0 Å². The summed E-state index contributed by atoms with van der Waals surface area (Å²) >= 11 is 0. The van der Waals surface area contributed by atoms with Crippen molar-refractivity contribution in [1.29, 1.82) is 0 Å². The Bertz CT molecular complexity index is 91.1. The lowest BCUT2D eigenvalue weighted by atomic mass is 10.2. The molecular formula is C9H20N2O. The van der Waals surface area contributed by atoms with Crippen LogP contribution in [0.25, 0.3) is 0 Å². The van der Waals surface area contributed by atoms with Crippen LogP contribution in [0, 0.1) is 0 Å². The quantitative estimate of drug-likeness (QED) is 0.557. The Kier molecular flexibility index (Phi) is 5.32. The van der Waals surface area contributed by atoms with Crippen molar-refractivity contribution in [2.24, 2.45) is 5.84 Å². The molecule has 0 radical (unpaired) electrons. The van der Waals surface area contributed by atoms with Gasteiger partial charge in [0.05, 0.1) is 0 Å². The Morgan fingerprint density at radius 2 is 1.42 bits per heavy atom. The molecule has 0 unspecified atom stereocenters. The van der Waals surface area contributed by atoms with Gasteiger partial charge in [-0.05, 0) is 25.7 Å². The molecule has 0 spiro atoms. The summed E-state index contributed by atoms with van der Waals surface area (Å²) in [6.07, 6.45) is 6.50. The molecule has 0 bridgehead atoms. The number of ether oxygens (including phenoxy) is 1. The summed E-state index contributed by atoms with van der Waals surface area (Å²) in [6.45, 7) is 4.19. The SMILES string of the molecule is C1CCOC1.NN1CCCCC1. The van der Waals surface area contributed by atoms with Crippen molar-refractivity contribution < 1.29 is 4.74 Å². The van der Waals surface area contributed by atoms with Crippen LogP contribution < -0.4 is 5.84 Å². The number of nitrogens with zero attached hydrogens (tertiary/aromatic N) is 1. The third kappa shape index (κ3) is 4.70. The van der Waals surface area contributed by atoms with E-state index in [1.54, 1.807) is 0 Å². The summed E-state index contributed by atoms with van der Waals surface area (Å²) < 4.78 is 4.94. The molecule has 0 atom stereocenters. The van der Waals surface area contributed by atoms with E-state index in [1.807, 2.05) is 5.01 Å². The van der Waals surface area contributed by atoms with Gasteiger partial charge in [0.25, 0.3) is 0 Å². The van der Waals surface area contributed by atoms with E-state index in [0.29, 0.717) is 0 Å². The van der Waals surface area contributed by atoms with Crippen LogP contribution in [0.5, 0.6) is 0 Å². The predicted molar refractivity (Wildman–Crippen MR) is 49.7 cm³/mol. The van der Waals surface area contributed by atoms with Crippen LogP contribution in [0.4, 0.5) is 0 Å². The maximum Gasteiger partial charge on any atom is 0.0466 e. The second-order valence-corrected chi connectivity index (χ2v) is 3.42. The highest BCUT2D eigenvalue weighted by molar-refractivity contribution is 4.56. The molecule has 2 rings (SSSR count). The average molecular weight is 172 g/mol. The average Bonchev–Trinajstić information content (AvgIpc) is 2.62. The fourth-order valence-electron chi connectivity index (χ4n) is 1.43. The van der Waals surface area contributed by atoms with Crippen molar-refractivity contribution >= 4 is 0 Å². The number of rotatable bonds is 0. The highest BCUT2D eigenvalue weighted by atomic mass is 16.5. The molecule has 2 aliphatic heterocycles. The van der Waals surface area contributed by atoms with Gasteiger partial charge in [-0.3, -0.25) is 5.84 Å². The van der Waals surface area contributed by atoms with E-state index < -0.39 is 0 Å². The third-order valence-corrected chi connectivity index (χ3v) is 2.22. The Morgan fingerprint density at radius 1 is 0.833 bits per heavy atom. The van der Waals surface area contributed by atoms with Crippen LogP contribution >= 0.6 is 0 Å². The molecule has 3 heteroatoms. The van der Waals surface area contributed by atoms with Gasteiger partial charge in [0, 0.05) is 26.3 Å². The molecular weight excluding hydrogens is 152 g/mol. The van der Waals surface area contributed by atoms with E-state index in [0.717, 1.165) is 26.3 Å². The third-order valence-electron chi connectivity index (χ3n) is 2.22. The summed E-state index contributed by atoms with van der Waals surface area (Å²) in [4.78, 5) is 0. The van der Waals surface area contributed by atoms with E-state index in [2.05, 4.69) is 0 Å². The van der Waals surface area contributed by atoms with Crippen LogP contribution in [0.2, 0.25) is 0 Å². The van der Waals surface area contributed by atoms with Gasteiger partial charge < -0.3 is 4.74 Å². The molecule has 0 saturated carbocycles. The van der Waals surface area contributed by atoms with E-state index in [1.165, 1.54) is 32.1 Å². The van der Waals surface area contributed by atoms with E-state index in [4.69, 9.17) is 10.6 Å². The van der Waals surface area contributed by atoms with Gasteiger partial charge in [-0.1, -0.05) is 6.42 Å². The zero-order chi connectivity index (χ0) is 8.65. The van der Waals surface area contributed by atoms with Crippen molar-refractivity contribution in [1.82, 2.24) is 5.01 Å². The summed E-state index contributed by atoms with van der Waals surface area (Å²) in [6, 6.07) is 0. The second kappa shape index (κ2) is 6.40. The van der Waals surface area contributed by atoms with Crippen molar-refractivity contribution in [2.75, 3.05) is 26.3 Å². The Morgan fingerprint density at radius 3 is 1.67 bits per heavy atom. The van der Waals surface area contributed by atoms with Gasteiger partial charge in [-0.25, -0.2) is 5.01 Å². The Hall–Kier alpha value is -0.120. The second-order valence-electron chi connectivity index (χ2n) is 3.42. The zero-order valence-corrected chi connectivity index (χ0v) is 7.80. The Balaban J connectivity index is 0.000000127. The van der Waals surface area contributed by atoms with Gasteiger partial charge in [0.15, 0.2) is 0 Å². The van der Waals surface area contributed by atoms with Crippen LogP contribution in [0.1, 0.15) is 32.1 Å². The van der Waals surface area contributed by atoms with E-state index in [-0.39, 0.29) is 0 Å². The van der Waals surface area contributed by atoms with Gasteiger partial charge in [0.1, 0.15) is 0 Å². The first-order valence-corrected chi connectivity index (χ1v) is 4.97. The topological polar surface area (TPSA) is 38.5 Å². The molecule has 0 aromatic carbocycles. The van der Waals surface area contributed by atoms with Gasteiger partial charge >= 0.3 is 0 Å².